The molecule has 2 rings (SSSR count). The Bertz CT molecular complexity index is 370. The molecule has 1 aliphatic carbocycles. The first-order chi connectivity index (χ1) is 8.79. The first kappa shape index (κ1) is 14.2. The lowest BCUT2D eigenvalue weighted by Gasteiger charge is -2.40. The minimum atomic E-state index is -0.787. The second-order valence-electron chi connectivity index (χ2n) is 6.59. The average molecular weight is 269 g/mol. The summed E-state index contributed by atoms with van der Waals surface area (Å²) in [6.45, 7) is 6.10. The van der Waals surface area contributed by atoms with E-state index < -0.39 is 17.5 Å². The van der Waals surface area contributed by atoms with Gasteiger partial charge in [-0.05, 0) is 52.4 Å². The number of piperidine rings is 1. The molecule has 5 heteroatoms. The largest absolute Gasteiger partial charge is 0.481 e. The Morgan fingerprint density at radius 3 is 2.32 bits per heavy atom. The van der Waals surface area contributed by atoms with E-state index in [0.717, 1.165) is 19.3 Å². The van der Waals surface area contributed by atoms with E-state index in [0.29, 0.717) is 18.9 Å². The molecular formula is C14H23NO4. The average Bonchev–Trinajstić information content (AvgIpc) is 3.09. The molecule has 1 N–H and O–H groups in total. The minimum Gasteiger partial charge on any atom is -0.481 e. The maximum atomic E-state index is 12.2. The number of aliphatic carboxylic acids is 1. The van der Waals surface area contributed by atoms with Crippen LogP contribution in [0.3, 0.4) is 0 Å². The molecule has 1 aliphatic heterocycles. The third-order valence-corrected chi connectivity index (χ3v) is 3.74. The molecule has 0 aromatic heterocycles. The summed E-state index contributed by atoms with van der Waals surface area (Å²) in [6, 6.07) is -0.180. The smallest absolute Gasteiger partial charge is 0.410 e. The third-order valence-electron chi connectivity index (χ3n) is 3.74. The van der Waals surface area contributed by atoms with Crippen molar-refractivity contribution in [1.82, 2.24) is 4.90 Å². The Morgan fingerprint density at radius 2 is 1.84 bits per heavy atom. The maximum Gasteiger partial charge on any atom is 0.410 e. The van der Waals surface area contributed by atoms with Crippen LogP contribution in [0.1, 0.15) is 46.5 Å². The zero-order valence-corrected chi connectivity index (χ0v) is 11.9. The van der Waals surface area contributed by atoms with Gasteiger partial charge in [-0.1, -0.05) is 0 Å². The van der Waals surface area contributed by atoms with E-state index in [4.69, 9.17) is 4.74 Å². The van der Waals surface area contributed by atoms with Gasteiger partial charge in [0.25, 0.3) is 0 Å². The van der Waals surface area contributed by atoms with Crippen LogP contribution in [0.25, 0.3) is 0 Å². The van der Waals surface area contributed by atoms with Gasteiger partial charge in [0.15, 0.2) is 0 Å². The van der Waals surface area contributed by atoms with Gasteiger partial charge < -0.3 is 14.7 Å². The highest BCUT2D eigenvalue weighted by atomic mass is 16.6. The summed E-state index contributed by atoms with van der Waals surface area (Å²) in [4.78, 5) is 25.3. The normalized spacial score (nSPS) is 28.1. The molecule has 2 aliphatic rings. The van der Waals surface area contributed by atoms with E-state index in [1.54, 1.807) is 4.90 Å². The van der Waals surface area contributed by atoms with Gasteiger partial charge in [0.05, 0.1) is 12.0 Å². The second kappa shape index (κ2) is 5.02. The summed E-state index contributed by atoms with van der Waals surface area (Å²) in [5.41, 5.74) is -0.540. The predicted octanol–water partition coefficient (Wildman–Crippen LogP) is 2.50. The Kier molecular flexibility index (Phi) is 3.74. The molecule has 0 bridgehead atoms. The van der Waals surface area contributed by atoms with Crippen LogP contribution in [-0.4, -0.2) is 40.3 Å². The van der Waals surface area contributed by atoms with Crippen molar-refractivity contribution in [2.45, 2.75) is 58.1 Å². The highest BCUT2D eigenvalue weighted by Crippen LogP contribution is 2.42. The number of ether oxygens (including phenoxy) is 1. The summed E-state index contributed by atoms with van der Waals surface area (Å²) in [5, 5.41) is 9.34. The SMILES string of the molecule is CC(C)(C)OC(=O)N1CCC[C@H](C(=O)O)[C@@H]1C1CC1. The highest BCUT2D eigenvalue weighted by Gasteiger charge is 2.47. The summed E-state index contributed by atoms with van der Waals surface area (Å²) >= 11 is 0. The molecule has 0 aromatic carbocycles. The van der Waals surface area contributed by atoms with Crippen LogP contribution in [0.5, 0.6) is 0 Å². The molecule has 1 saturated heterocycles. The van der Waals surface area contributed by atoms with Gasteiger partial charge in [-0.25, -0.2) is 4.79 Å². The molecular weight excluding hydrogens is 246 g/mol. The zero-order chi connectivity index (χ0) is 14.2. The second-order valence-corrected chi connectivity index (χ2v) is 6.59. The molecule has 2 fully saturated rings. The van der Waals surface area contributed by atoms with Gasteiger partial charge in [0.1, 0.15) is 5.60 Å². The quantitative estimate of drug-likeness (QED) is 0.836. The van der Waals surface area contributed by atoms with Crippen LogP contribution in [-0.2, 0) is 9.53 Å². The van der Waals surface area contributed by atoms with Crippen molar-refractivity contribution in [2.24, 2.45) is 11.8 Å². The number of amides is 1. The lowest BCUT2D eigenvalue weighted by Crippen LogP contribution is -2.53. The Morgan fingerprint density at radius 1 is 1.21 bits per heavy atom. The third kappa shape index (κ3) is 3.39. The Balaban J connectivity index is 2.12. The minimum absolute atomic E-state index is 0.180. The van der Waals surface area contributed by atoms with Gasteiger partial charge in [0.2, 0.25) is 0 Å². The van der Waals surface area contributed by atoms with Crippen molar-refractivity contribution in [2.75, 3.05) is 6.54 Å². The molecule has 108 valence electrons. The summed E-state index contributed by atoms with van der Waals surface area (Å²) in [5.74, 6) is -0.882. The molecule has 0 unspecified atom stereocenters. The molecule has 5 nitrogen and oxygen atoms in total. The number of hydrogen-bond donors (Lipinski definition) is 1. The topological polar surface area (TPSA) is 66.8 Å². The van der Waals surface area contributed by atoms with Crippen LogP contribution >= 0.6 is 0 Å². The van der Waals surface area contributed by atoms with E-state index in [-0.39, 0.29) is 12.1 Å². The van der Waals surface area contributed by atoms with Crippen molar-refractivity contribution in [3.8, 4) is 0 Å². The fraction of sp³-hybridized carbons (Fsp3) is 0.857. The number of likely N-dealkylation sites (tertiary alicyclic amines) is 1. The number of rotatable bonds is 2. The molecule has 0 spiro atoms. The maximum absolute atomic E-state index is 12.2. The first-order valence-electron chi connectivity index (χ1n) is 7.02. The van der Waals surface area contributed by atoms with E-state index in [9.17, 15) is 14.7 Å². The van der Waals surface area contributed by atoms with Gasteiger partial charge in [0, 0.05) is 6.54 Å². The molecule has 2 atom stereocenters. The van der Waals surface area contributed by atoms with Crippen LogP contribution in [0.2, 0.25) is 0 Å². The molecule has 1 heterocycles. The number of nitrogens with zero attached hydrogens (tertiary/aromatic N) is 1. The van der Waals surface area contributed by atoms with Crippen LogP contribution in [0.15, 0.2) is 0 Å². The number of carbonyl (C=O) groups is 2. The molecule has 1 saturated carbocycles. The Labute approximate surface area is 113 Å². The summed E-state index contributed by atoms with van der Waals surface area (Å²) < 4.78 is 5.41. The zero-order valence-electron chi connectivity index (χ0n) is 11.9. The Hall–Kier alpha value is -1.26. The van der Waals surface area contributed by atoms with Crippen molar-refractivity contribution < 1.29 is 19.4 Å². The van der Waals surface area contributed by atoms with E-state index in [1.165, 1.54) is 0 Å². The standard InChI is InChI=1S/C14H23NO4/c1-14(2,3)19-13(18)15-8-4-5-10(12(16)17)11(15)9-6-7-9/h9-11H,4-8H2,1-3H3,(H,16,17)/t10-,11-/m0/s1. The molecule has 1 amide bonds. The number of hydrogen-bond acceptors (Lipinski definition) is 3. The number of carbonyl (C=O) groups excluding carboxylic acids is 1. The highest BCUT2D eigenvalue weighted by molar-refractivity contribution is 5.74. The molecule has 0 radical (unpaired) electrons. The number of carboxylic acid groups (broad SMARTS) is 1. The van der Waals surface area contributed by atoms with Crippen LogP contribution in [0, 0.1) is 11.8 Å². The lowest BCUT2D eigenvalue weighted by molar-refractivity contribution is -0.146. The summed E-state index contributed by atoms with van der Waals surface area (Å²) in [6.07, 6.45) is 3.08. The lowest BCUT2D eigenvalue weighted by atomic mass is 9.86. The first-order valence-corrected chi connectivity index (χ1v) is 7.02. The predicted molar refractivity (Wildman–Crippen MR) is 69.8 cm³/mol. The van der Waals surface area contributed by atoms with Gasteiger partial charge in [-0.3, -0.25) is 4.79 Å². The molecule has 19 heavy (non-hydrogen) atoms. The van der Waals surface area contributed by atoms with E-state index >= 15 is 0 Å². The molecule has 0 aromatic rings. The van der Waals surface area contributed by atoms with E-state index in [2.05, 4.69) is 0 Å². The van der Waals surface area contributed by atoms with Crippen molar-refractivity contribution in [3.05, 3.63) is 0 Å². The van der Waals surface area contributed by atoms with Crippen molar-refractivity contribution in [1.29, 1.82) is 0 Å². The van der Waals surface area contributed by atoms with Gasteiger partial charge in [-0.15, -0.1) is 0 Å². The fourth-order valence-electron chi connectivity index (χ4n) is 2.84. The van der Waals surface area contributed by atoms with Gasteiger partial charge >= 0.3 is 12.1 Å². The van der Waals surface area contributed by atoms with E-state index in [1.807, 2.05) is 20.8 Å². The van der Waals surface area contributed by atoms with Gasteiger partial charge in [-0.2, -0.15) is 0 Å². The van der Waals surface area contributed by atoms with Crippen LogP contribution in [0.4, 0.5) is 4.79 Å². The monoisotopic (exact) mass is 269 g/mol. The number of carboxylic acids is 1. The van der Waals surface area contributed by atoms with Crippen LogP contribution < -0.4 is 0 Å². The van der Waals surface area contributed by atoms with Crippen molar-refractivity contribution in [3.63, 3.8) is 0 Å². The summed E-state index contributed by atoms with van der Waals surface area (Å²) in [7, 11) is 0. The fourth-order valence-corrected chi connectivity index (χ4v) is 2.84. The van der Waals surface area contributed by atoms with Crippen molar-refractivity contribution >= 4 is 12.1 Å².